The van der Waals surface area contributed by atoms with E-state index in [1.807, 2.05) is 12.1 Å². The van der Waals surface area contributed by atoms with Crippen LogP contribution in [0.5, 0.6) is 0 Å². The van der Waals surface area contributed by atoms with Crippen LogP contribution in [0.25, 0.3) is 0 Å². The lowest BCUT2D eigenvalue weighted by atomic mass is 9.90. The van der Waals surface area contributed by atoms with Crippen LogP contribution in [0.15, 0.2) is 24.3 Å². The molecule has 2 saturated heterocycles. The van der Waals surface area contributed by atoms with Crippen molar-refractivity contribution in [1.82, 2.24) is 10.2 Å². The van der Waals surface area contributed by atoms with Crippen LogP contribution in [-0.2, 0) is 0 Å². The van der Waals surface area contributed by atoms with E-state index in [9.17, 15) is 4.39 Å². The van der Waals surface area contributed by atoms with Crippen molar-refractivity contribution in [2.75, 3.05) is 13.6 Å². The predicted molar refractivity (Wildman–Crippen MR) is 80.1 cm³/mol. The van der Waals surface area contributed by atoms with Gasteiger partial charge < -0.3 is 10.2 Å². The number of nitrogens with zero attached hydrogens (tertiary/aromatic N) is 1. The maximum Gasteiger partial charge on any atom is 0.123 e. The summed E-state index contributed by atoms with van der Waals surface area (Å²) in [4.78, 5) is 2.58. The first kappa shape index (κ1) is 14.0. The first-order chi connectivity index (χ1) is 9.63. The summed E-state index contributed by atoms with van der Waals surface area (Å²) in [6.45, 7) is 3.25. The first-order valence-electron chi connectivity index (χ1n) is 7.84. The molecule has 0 aliphatic carbocycles. The van der Waals surface area contributed by atoms with Crippen LogP contribution in [0.2, 0.25) is 0 Å². The number of benzene rings is 1. The van der Waals surface area contributed by atoms with Crippen molar-refractivity contribution >= 4 is 0 Å². The number of fused-ring (bicyclic) bond motifs is 2. The fourth-order valence-electron chi connectivity index (χ4n) is 3.90. The van der Waals surface area contributed by atoms with Crippen molar-refractivity contribution < 1.29 is 4.39 Å². The van der Waals surface area contributed by atoms with Gasteiger partial charge in [0.25, 0.3) is 0 Å². The minimum absolute atomic E-state index is 0.159. The van der Waals surface area contributed by atoms with Crippen LogP contribution >= 0.6 is 0 Å². The maximum absolute atomic E-state index is 12.9. The van der Waals surface area contributed by atoms with E-state index in [1.165, 1.54) is 31.2 Å². The van der Waals surface area contributed by atoms with E-state index in [2.05, 4.69) is 24.2 Å². The lowest BCUT2D eigenvalue weighted by molar-refractivity contribution is 0.131. The van der Waals surface area contributed by atoms with Crippen molar-refractivity contribution in [2.24, 2.45) is 5.92 Å². The zero-order valence-electron chi connectivity index (χ0n) is 12.5. The highest BCUT2D eigenvalue weighted by Crippen LogP contribution is 2.37. The lowest BCUT2D eigenvalue weighted by Gasteiger charge is -2.36. The number of hydrogen-bond donors (Lipinski definition) is 1. The molecule has 0 amide bonds. The summed E-state index contributed by atoms with van der Waals surface area (Å²) < 4.78 is 12.9. The van der Waals surface area contributed by atoms with Crippen LogP contribution in [0.3, 0.4) is 0 Å². The third-order valence-electron chi connectivity index (χ3n) is 5.28. The lowest BCUT2D eigenvalue weighted by Crippen LogP contribution is -2.42. The van der Waals surface area contributed by atoms with Crippen molar-refractivity contribution in [3.8, 4) is 0 Å². The highest BCUT2D eigenvalue weighted by molar-refractivity contribution is 5.19. The second kappa shape index (κ2) is 5.82. The molecule has 1 N–H and O–H groups in total. The zero-order valence-corrected chi connectivity index (χ0v) is 12.5. The van der Waals surface area contributed by atoms with Gasteiger partial charge in [0.05, 0.1) is 0 Å². The molecule has 1 aromatic carbocycles. The van der Waals surface area contributed by atoms with Crippen molar-refractivity contribution in [3.63, 3.8) is 0 Å². The minimum Gasteiger partial charge on any atom is -0.310 e. The molecule has 0 radical (unpaired) electrons. The molecule has 1 aromatic rings. The molecule has 2 aliphatic rings. The average Bonchev–Trinajstić information content (AvgIpc) is 2.66. The van der Waals surface area contributed by atoms with Crippen LogP contribution in [-0.4, -0.2) is 30.6 Å². The average molecular weight is 276 g/mol. The molecule has 0 spiro atoms. The Bertz CT molecular complexity index is 431. The molecule has 110 valence electrons. The number of piperidine rings is 1. The Labute approximate surface area is 121 Å². The topological polar surface area (TPSA) is 15.3 Å². The third-order valence-corrected chi connectivity index (χ3v) is 5.28. The predicted octanol–water partition coefficient (Wildman–Crippen LogP) is 3.35. The third kappa shape index (κ3) is 2.89. The summed E-state index contributed by atoms with van der Waals surface area (Å²) in [6, 6.07) is 8.76. The fraction of sp³-hybridized carbons (Fsp3) is 0.647. The second-order valence-corrected chi connectivity index (χ2v) is 6.57. The molecule has 3 heteroatoms. The standard InChI is InChI=1S/C17H25FN2/c1-12(14-3-5-15(18)6-4-14)19-11-13-9-16-7-8-17(10-13)20(16)2/h3-6,12-13,16-17,19H,7-11H2,1-2H3. The fourth-order valence-corrected chi connectivity index (χ4v) is 3.90. The van der Waals surface area contributed by atoms with Crippen molar-refractivity contribution in [2.45, 2.75) is 50.7 Å². The Kier molecular flexibility index (Phi) is 4.08. The molecule has 2 fully saturated rings. The molecule has 0 aromatic heterocycles. The Morgan fingerprint density at radius 2 is 1.80 bits per heavy atom. The molecule has 2 heterocycles. The normalized spacial score (nSPS) is 31.4. The van der Waals surface area contributed by atoms with Gasteiger partial charge in [-0.25, -0.2) is 4.39 Å². The molecular weight excluding hydrogens is 251 g/mol. The number of halogens is 1. The number of hydrogen-bond acceptors (Lipinski definition) is 2. The van der Waals surface area contributed by atoms with Gasteiger partial charge in [0.2, 0.25) is 0 Å². The summed E-state index contributed by atoms with van der Waals surface area (Å²) in [5.74, 6) is 0.638. The van der Waals surface area contributed by atoms with Crippen molar-refractivity contribution in [3.05, 3.63) is 35.6 Å². The molecular formula is C17H25FN2. The maximum atomic E-state index is 12.9. The smallest absolute Gasteiger partial charge is 0.123 e. The van der Waals surface area contributed by atoms with E-state index in [1.54, 1.807) is 12.1 Å². The Morgan fingerprint density at radius 1 is 1.20 bits per heavy atom. The van der Waals surface area contributed by atoms with Crippen molar-refractivity contribution in [1.29, 1.82) is 0 Å². The van der Waals surface area contributed by atoms with E-state index in [0.29, 0.717) is 6.04 Å². The van der Waals surface area contributed by atoms with E-state index in [0.717, 1.165) is 24.5 Å². The minimum atomic E-state index is -0.159. The summed E-state index contributed by atoms with van der Waals surface area (Å²) in [6.07, 6.45) is 5.42. The summed E-state index contributed by atoms with van der Waals surface area (Å²) in [5, 5.41) is 3.63. The van der Waals surface area contributed by atoms with E-state index in [-0.39, 0.29) is 5.82 Å². The molecule has 2 aliphatic heterocycles. The molecule has 3 atom stereocenters. The summed E-state index contributed by atoms with van der Waals surface area (Å²) in [7, 11) is 2.28. The van der Waals surface area contributed by atoms with E-state index in [4.69, 9.17) is 0 Å². The van der Waals surface area contributed by atoms with E-state index >= 15 is 0 Å². The monoisotopic (exact) mass is 276 g/mol. The molecule has 3 unspecified atom stereocenters. The Balaban J connectivity index is 1.51. The Hall–Kier alpha value is -0.930. The van der Waals surface area contributed by atoms with Gasteiger partial charge in [-0.15, -0.1) is 0 Å². The highest BCUT2D eigenvalue weighted by Gasteiger charge is 2.38. The second-order valence-electron chi connectivity index (χ2n) is 6.57. The largest absolute Gasteiger partial charge is 0.310 e. The quantitative estimate of drug-likeness (QED) is 0.907. The first-order valence-corrected chi connectivity index (χ1v) is 7.84. The van der Waals surface area contributed by atoms with Gasteiger partial charge in [0.1, 0.15) is 5.82 Å². The van der Waals surface area contributed by atoms with Gasteiger partial charge >= 0.3 is 0 Å². The van der Waals surface area contributed by atoms with Crippen LogP contribution < -0.4 is 5.32 Å². The van der Waals surface area contributed by atoms with Crippen LogP contribution in [0, 0.1) is 11.7 Å². The molecule has 0 saturated carbocycles. The molecule has 2 nitrogen and oxygen atoms in total. The Morgan fingerprint density at radius 3 is 2.40 bits per heavy atom. The van der Waals surface area contributed by atoms with Gasteiger partial charge in [-0.3, -0.25) is 0 Å². The van der Waals surface area contributed by atoms with E-state index < -0.39 is 0 Å². The van der Waals surface area contributed by atoms with Crippen LogP contribution in [0.4, 0.5) is 4.39 Å². The SMILES string of the molecule is CC(NCC1CC2CCC(C1)N2C)c1ccc(F)cc1. The molecule has 2 bridgehead atoms. The van der Waals surface area contributed by atoms with Gasteiger partial charge in [-0.1, -0.05) is 12.1 Å². The van der Waals surface area contributed by atoms with Gasteiger partial charge in [-0.2, -0.15) is 0 Å². The van der Waals surface area contributed by atoms with Gasteiger partial charge in [-0.05, 0) is 69.8 Å². The van der Waals surface area contributed by atoms with Gasteiger partial charge in [0.15, 0.2) is 0 Å². The summed E-state index contributed by atoms with van der Waals surface area (Å²) in [5.41, 5.74) is 1.17. The molecule has 20 heavy (non-hydrogen) atoms. The molecule has 3 rings (SSSR count). The van der Waals surface area contributed by atoms with Crippen LogP contribution in [0.1, 0.15) is 44.2 Å². The van der Waals surface area contributed by atoms with Gasteiger partial charge in [0, 0.05) is 18.1 Å². The zero-order chi connectivity index (χ0) is 14.1. The summed E-state index contributed by atoms with van der Waals surface area (Å²) >= 11 is 0. The number of rotatable bonds is 4. The highest BCUT2D eigenvalue weighted by atomic mass is 19.1. The number of nitrogens with one attached hydrogen (secondary N) is 1.